The lowest BCUT2D eigenvalue weighted by molar-refractivity contribution is 0.556. The molecule has 2 rings (SSSR count). The summed E-state index contributed by atoms with van der Waals surface area (Å²) in [6.07, 6.45) is 4.89. The van der Waals surface area contributed by atoms with E-state index in [1.807, 2.05) is 0 Å². The van der Waals surface area contributed by atoms with Gasteiger partial charge in [0, 0.05) is 17.8 Å². The molecule has 5 nitrogen and oxygen atoms in total. The molecule has 0 bridgehead atoms. The van der Waals surface area contributed by atoms with Crippen molar-refractivity contribution >= 4 is 28.4 Å². The summed E-state index contributed by atoms with van der Waals surface area (Å²) in [5.74, 6) is 1.24. The van der Waals surface area contributed by atoms with E-state index < -0.39 is 0 Å². The summed E-state index contributed by atoms with van der Waals surface area (Å²) in [7, 11) is 0. The third-order valence-electron chi connectivity index (χ3n) is 2.34. The maximum absolute atomic E-state index is 6.06. The van der Waals surface area contributed by atoms with Gasteiger partial charge in [-0.3, -0.25) is 4.98 Å². The first kappa shape index (κ1) is 12.3. The third-order valence-corrected chi connectivity index (χ3v) is 3.40. The summed E-state index contributed by atoms with van der Waals surface area (Å²) >= 11 is 2.22. The van der Waals surface area contributed by atoms with Crippen LogP contribution in [0.15, 0.2) is 18.6 Å². The van der Waals surface area contributed by atoms with Crippen LogP contribution in [0, 0.1) is 3.57 Å². The molecule has 0 aliphatic rings. The molecule has 0 atom stereocenters. The van der Waals surface area contributed by atoms with E-state index in [9.17, 15) is 0 Å². The second-order valence-corrected chi connectivity index (χ2v) is 5.85. The summed E-state index contributed by atoms with van der Waals surface area (Å²) in [5.41, 5.74) is 6.99. The largest absolute Gasteiger partial charge is 0.383 e. The maximum atomic E-state index is 6.06. The van der Waals surface area contributed by atoms with Crippen LogP contribution in [0.2, 0.25) is 0 Å². The van der Waals surface area contributed by atoms with Crippen LogP contribution in [0.3, 0.4) is 0 Å². The number of nitrogens with zero attached hydrogens (tertiary/aromatic N) is 4. The summed E-state index contributed by atoms with van der Waals surface area (Å²) in [5, 5.41) is 4.53. The fourth-order valence-electron chi connectivity index (χ4n) is 1.47. The van der Waals surface area contributed by atoms with Gasteiger partial charge in [0.2, 0.25) is 0 Å². The Bertz CT molecular complexity index is 527. The Balaban J connectivity index is 2.59. The van der Waals surface area contributed by atoms with Gasteiger partial charge in [-0.25, -0.2) is 4.98 Å². The van der Waals surface area contributed by atoms with Crippen molar-refractivity contribution < 1.29 is 0 Å². The highest BCUT2D eigenvalue weighted by atomic mass is 127. The van der Waals surface area contributed by atoms with Gasteiger partial charge < -0.3 is 5.73 Å². The van der Waals surface area contributed by atoms with Crippen molar-refractivity contribution in [3.8, 4) is 5.82 Å². The van der Waals surface area contributed by atoms with Gasteiger partial charge in [0.1, 0.15) is 5.82 Å². The first-order valence-electron chi connectivity index (χ1n) is 5.22. The molecule has 0 saturated carbocycles. The van der Waals surface area contributed by atoms with E-state index in [2.05, 4.69) is 58.4 Å². The number of nitrogen functional groups attached to an aromatic ring is 1. The molecular weight excluding hydrogens is 329 g/mol. The van der Waals surface area contributed by atoms with Crippen LogP contribution in [0.1, 0.15) is 26.5 Å². The molecule has 2 aromatic rings. The Morgan fingerprint density at radius 2 is 2.00 bits per heavy atom. The molecule has 90 valence electrons. The van der Waals surface area contributed by atoms with Crippen LogP contribution < -0.4 is 5.73 Å². The number of anilines is 1. The number of halogens is 1. The molecule has 0 radical (unpaired) electrons. The number of hydrogen-bond acceptors (Lipinski definition) is 4. The van der Waals surface area contributed by atoms with E-state index in [1.165, 1.54) is 0 Å². The van der Waals surface area contributed by atoms with Crippen molar-refractivity contribution in [1.82, 2.24) is 19.7 Å². The van der Waals surface area contributed by atoms with Crippen LogP contribution in [0.5, 0.6) is 0 Å². The normalized spacial score (nSPS) is 11.8. The van der Waals surface area contributed by atoms with Crippen LogP contribution in [0.4, 0.5) is 5.82 Å². The minimum absolute atomic E-state index is 0.0435. The highest BCUT2D eigenvalue weighted by Gasteiger charge is 2.25. The molecule has 0 aromatic carbocycles. The van der Waals surface area contributed by atoms with Crippen molar-refractivity contribution in [3.05, 3.63) is 27.9 Å². The highest BCUT2D eigenvalue weighted by molar-refractivity contribution is 14.1. The number of aromatic nitrogens is 4. The Morgan fingerprint density at radius 1 is 1.29 bits per heavy atom. The molecule has 0 spiro atoms. The first-order chi connectivity index (χ1) is 7.91. The fourth-order valence-corrected chi connectivity index (χ4v) is 2.61. The average molecular weight is 343 g/mol. The van der Waals surface area contributed by atoms with E-state index in [-0.39, 0.29) is 5.41 Å². The van der Waals surface area contributed by atoms with Crippen molar-refractivity contribution in [3.63, 3.8) is 0 Å². The second-order valence-electron chi connectivity index (χ2n) is 4.77. The summed E-state index contributed by atoms with van der Waals surface area (Å²) in [6.45, 7) is 6.33. The monoisotopic (exact) mass is 343 g/mol. The topological polar surface area (TPSA) is 69.6 Å². The molecule has 2 N–H and O–H groups in total. The zero-order valence-corrected chi connectivity index (χ0v) is 12.1. The van der Waals surface area contributed by atoms with E-state index in [0.717, 1.165) is 9.26 Å². The molecule has 0 aliphatic carbocycles. The summed E-state index contributed by atoms with van der Waals surface area (Å²) in [4.78, 5) is 8.22. The van der Waals surface area contributed by atoms with Crippen LogP contribution in [-0.4, -0.2) is 19.7 Å². The van der Waals surface area contributed by atoms with Gasteiger partial charge in [-0.2, -0.15) is 9.78 Å². The Hall–Kier alpha value is -1.18. The van der Waals surface area contributed by atoms with Gasteiger partial charge in [-0.15, -0.1) is 0 Å². The molecule has 6 heteroatoms. The zero-order valence-electron chi connectivity index (χ0n) is 9.98. The van der Waals surface area contributed by atoms with Crippen LogP contribution in [-0.2, 0) is 5.41 Å². The lowest BCUT2D eigenvalue weighted by atomic mass is 9.92. The van der Waals surface area contributed by atoms with E-state index in [1.54, 1.807) is 23.3 Å². The first-order valence-corrected chi connectivity index (χ1v) is 6.30. The predicted molar refractivity (Wildman–Crippen MR) is 75.0 cm³/mol. The third kappa shape index (κ3) is 2.26. The number of rotatable bonds is 1. The standard InChI is InChI=1S/C11H14IN5/c1-11(2,3)9-8(12)10(13)17(16-9)7-6-14-4-5-15-7/h4-6H,13H2,1-3H3. The zero-order chi connectivity index (χ0) is 12.6. The number of hydrogen-bond donors (Lipinski definition) is 1. The van der Waals surface area contributed by atoms with E-state index in [4.69, 9.17) is 5.73 Å². The predicted octanol–water partition coefficient (Wildman–Crippen LogP) is 2.15. The fraction of sp³-hybridized carbons (Fsp3) is 0.364. The van der Waals surface area contributed by atoms with Crippen LogP contribution in [0.25, 0.3) is 5.82 Å². The minimum Gasteiger partial charge on any atom is -0.383 e. The molecule has 0 saturated heterocycles. The van der Waals surface area contributed by atoms with E-state index in [0.29, 0.717) is 11.6 Å². The van der Waals surface area contributed by atoms with Gasteiger partial charge in [0.25, 0.3) is 0 Å². The lowest BCUT2D eigenvalue weighted by Crippen LogP contribution is -2.14. The molecule has 17 heavy (non-hydrogen) atoms. The van der Waals surface area contributed by atoms with Gasteiger partial charge in [0.05, 0.1) is 15.5 Å². The Kier molecular flexibility index (Phi) is 3.07. The Morgan fingerprint density at radius 3 is 2.47 bits per heavy atom. The summed E-state index contributed by atoms with van der Waals surface area (Å²) < 4.78 is 2.61. The molecular formula is C11H14IN5. The smallest absolute Gasteiger partial charge is 0.174 e. The van der Waals surface area contributed by atoms with Gasteiger partial charge in [0.15, 0.2) is 5.82 Å². The minimum atomic E-state index is -0.0435. The molecule has 0 fully saturated rings. The van der Waals surface area contributed by atoms with E-state index >= 15 is 0 Å². The van der Waals surface area contributed by atoms with Crippen molar-refractivity contribution in [1.29, 1.82) is 0 Å². The SMILES string of the molecule is CC(C)(C)c1nn(-c2cnccn2)c(N)c1I. The van der Waals surface area contributed by atoms with Crippen molar-refractivity contribution in [2.45, 2.75) is 26.2 Å². The quantitative estimate of drug-likeness (QED) is 0.806. The Labute approximate surface area is 114 Å². The van der Waals surface area contributed by atoms with Crippen LogP contribution >= 0.6 is 22.6 Å². The van der Waals surface area contributed by atoms with Gasteiger partial charge in [-0.1, -0.05) is 20.8 Å². The highest BCUT2D eigenvalue weighted by Crippen LogP contribution is 2.30. The second kappa shape index (κ2) is 4.25. The van der Waals surface area contributed by atoms with Gasteiger partial charge >= 0.3 is 0 Å². The molecule has 2 aromatic heterocycles. The van der Waals surface area contributed by atoms with Gasteiger partial charge in [-0.05, 0) is 22.6 Å². The molecule has 2 heterocycles. The van der Waals surface area contributed by atoms with Crippen molar-refractivity contribution in [2.75, 3.05) is 5.73 Å². The summed E-state index contributed by atoms with van der Waals surface area (Å²) in [6, 6.07) is 0. The maximum Gasteiger partial charge on any atom is 0.174 e. The number of nitrogens with two attached hydrogens (primary N) is 1. The molecule has 0 unspecified atom stereocenters. The lowest BCUT2D eigenvalue weighted by Gasteiger charge is -2.15. The van der Waals surface area contributed by atoms with Crippen molar-refractivity contribution in [2.24, 2.45) is 0 Å². The molecule has 0 aliphatic heterocycles. The average Bonchev–Trinajstić information content (AvgIpc) is 2.57. The molecule has 0 amide bonds.